The zero-order chi connectivity index (χ0) is 51.4. The second kappa shape index (κ2) is 25.4. The Labute approximate surface area is 435 Å². The van der Waals surface area contributed by atoms with Crippen molar-refractivity contribution in [1.29, 1.82) is 0 Å². The van der Waals surface area contributed by atoms with Gasteiger partial charge in [0.25, 0.3) is 23.4 Å². The highest BCUT2D eigenvalue weighted by Crippen LogP contribution is 2.35. The Morgan fingerprint density at radius 2 is 0.836 bits per heavy atom. The van der Waals surface area contributed by atoms with Gasteiger partial charge in [0.15, 0.2) is 0 Å². The van der Waals surface area contributed by atoms with Gasteiger partial charge in [-0.1, -0.05) is 102 Å². The predicted molar refractivity (Wildman–Crippen MR) is 290 cm³/mol. The van der Waals surface area contributed by atoms with Crippen molar-refractivity contribution in [2.24, 2.45) is 0 Å². The number of morpholine rings is 2. The number of hydrogen-bond acceptors (Lipinski definition) is 12. The van der Waals surface area contributed by atoms with E-state index in [2.05, 4.69) is 62.0 Å². The molecule has 2 fully saturated rings. The van der Waals surface area contributed by atoms with Crippen LogP contribution in [-0.4, -0.2) is 126 Å². The van der Waals surface area contributed by atoms with Gasteiger partial charge in [-0.05, 0) is 81.3 Å². The van der Waals surface area contributed by atoms with Crippen LogP contribution in [0.4, 0.5) is 11.4 Å². The normalized spacial score (nSPS) is 14.2. The number of carbonyl (C=O) groups excluding carboxylic acids is 4. The van der Waals surface area contributed by atoms with E-state index < -0.39 is 23.4 Å². The van der Waals surface area contributed by atoms with E-state index in [4.69, 9.17) is 28.4 Å². The summed E-state index contributed by atoms with van der Waals surface area (Å²) >= 11 is 0. The fourth-order valence-corrected chi connectivity index (χ4v) is 8.56. The summed E-state index contributed by atoms with van der Waals surface area (Å²) in [6.07, 6.45) is 0. The Bertz CT molecular complexity index is 2690. The van der Waals surface area contributed by atoms with Crippen molar-refractivity contribution < 1.29 is 47.6 Å². The number of rotatable bonds is 16. The van der Waals surface area contributed by atoms with Crippen LogP contribution in [0, 0.1) is 0 Å². The first-order chi connectivity index (χ1) is 34.5. The Morgan fingerprint density at radius 3 is 1.18 bits per heavy atom. The smallest absolute Gasteiger partial charge is 0.296 e. The Morgan fingerprint density at radius 1 is 0.493 bits per heavy atom. The highest BCUT2D eigenvalue weighted by Gasteiger charge is 2.25. The van der Waals surface area contributed by atoms with Gasteiger partial charge >= 0.3 is 0 Å². The number of methoxy groups -OCH3 is 2. The van der Waals surface area contributed by atoms with E-state index in [0.717, 1.165) is 87.6 Å². The fraction of sp³-hybridized carbons (Fsp3) is 0.379. The molecule has 0 atom stereocenters. The van der Waals surface area contributed by atoms with Gasteiger partial charge in [-0.3, -0.25) is 29.0 Å². The molecular formula is C58H69ClN4O10. The van der Waals surface area contributed by atoms with Crippen molar-refractivity contribution >= 4 is 68.7 Å². The molecule has 0 bridgehead atoms. The SMILES string of the molecule is COc1ccc(C(C)(C)C)cc1NC(=O)C(=O)c1ccc(OCCN2CCOCC2)c2ccccc12.COc1ccc(C(C)(C)C)cc1NC(=O)C(=O)c1ccc(OCCN2CCOCC2)c2ccccc12.Cl. The lowest BCUT2D eigenvalue weighted by Crippen LogP contribution is -2.38. The quantitative estimate of drug-likeness (QED) is 0.0701. The number of anilines is 2. The van der Waals surface area contributed by atoms with Crippen LogP contribution in [0.1, 0.15) is 73.4 Å². The van der Waals surface area contributed by atoms with Gasteiger partial charge in [0.1, 0.15) is 36.2 Å². The minimum Gasteiger partial charge on any atom is -0.495 e. The van der Waals surface area contributed by atoms with E-state index in [9.17, 15) is 19.2 Å². The highest BCUT2D eigenvalue weighted by molar-refractivity contribution is 6.49. The number of halogens is 1. The van der Waals surface area contributed by atoms with Gasteiger partial charge < -0.3 is 39.1 Å². The summed E-state index contributed by atoms with van der Waals surface area (Å²) in [7, 11) is 3.07. The van der Waals surface area contributed by atoms with Crippen LogP contribution in [0.15, 0.2) is 109 Å². The molecule has 0 radical (unpaired) electrons. The van der Waals surface area contributed by atoms with Crippen molar-refractivity contribution in [2.75, 3.05) is 104 Å². The number of hydrogen-bond donors (Lipinski definition) is 2. The number of carbonyl (C=O) groups is 4. The molecule has 8 rings (SSSR count). The number of ketones is 2. The molecule has 2 N–H and O–H groups in total. The lowest BCUT2D eigenvalue weighted by atomic mass is 9.86. The number of amides is 2. The predicted octanol–water partition coefficient (Wildman–Crippen LogP) is 9.78. The molecule has 2 amide bonds. The molecule has 388 valence electrons. The van der Waals surface area contributed by atoms with Gasteiger partial charge in [-0.15, -0.1) is 12.4 Å². The van der Waals surface area contributed by atoms with Gasteiger partial charge in [-0.2, -0.15) is 0 Å². The van der Waals surface area contributed by atoms with Crippen LogP contribution in [0.5, 0.6) is 23.0 Å². The highest BCUT2D eigenvalue weighted by atomic mass is 35.5. The van der Waals surface area contributed by atoms with Crippen molar-refractivity contribution in [3.05, 3.63) is 131 Å². The molecule has 2 heterocycles. The van der Waals surface area contributed by atoms with Crippen molar-refractivity contribution in [2.45, 2.75) is 52.4 Å². The lowest BCUT2D eigenvalue weighted by Gasteiger charge is -2.26. The largest absolute Gasteiger partial charge is 0.495 e. The molecule has 14 nitrogen and oxygen atoms in total. The van der Waals surface area contributed by atoms with Crippen molar-refractivity contribution in [3.63, 3.8) is 0 Å². The zero-order valence-corrected chi connectivity index (χ0v) is 44.1. The van der Waals surface area contributed by atoms with Crippen LogP contribution < -0.4 is 29.6 Å². The zero-order valence-electron chi connectivity index (χ0n) is 43.3. The van der Waals surface area contributed by atoms with Crippen LogP contribution in [0.25, 0.3) is 21.5 Å². The summed E-state index contributed by atoms with van der Waals surface area (Å²) in [6.45, 7) is 21.7. The molecular weight excluding hydrogens is 948 g/mol. The Balaban J connectivity index is 0.000000235. The Hall–Kier alpha value is -6.55. The van der Waals surface area contributed by atoms with Gasteiger partial charge in [0.05, 0.1) is 52.0 Å². The maximum absolute atomic E-state index is 13.3. The monoisotopic (exact) mass is 1020 g/mol. The minimum atomic E-state index is -0.717. The first-order valence-corrected chi connectivity index (χ1v) is 24.5. The number of nitrogens with one attached hydrogen (secondary N) is 2. The number of fused-ring (bicyclic) bond motifs is 2. The summed E-state index contributed by atoms with van der Waals surface area (Å²) in [5.74, 6) is -0.290. The molecule has 73 heavy (non-hydrogen) atoms. The summed E-state index contributed by atoms with van der Waals surface area (Å²) in [5, 5.41) is 8.47. The van der Waals surface area contributed by atoms with E-state index in [-0.39, 0.29) is 23.2 Å². The summed E-state index contributed by atoms with van der Waals surface area (Å²) in [5.41, 5.74) is 3.40. The van der Waals surface area contributed by atoms with Crippen molar-refractivity contribution in [1.82, 2.24) is 9.80 Å². The molecule has 2 saturated heterocycles. The number of benzene rings is 6. The van der Waals surface area contributed by atoms with Gasteiger partial charge in [-0.25, -0.2) is 0 Å². The molecule has 2 aliphatic heterocycles. The average Bonchev–Trinajstić information content (AvgIpc) is 3.38. The third kappa shape index (κ3) is 14.4. The second-order valence-electron chi connectivity index (χ2n) is 19.8. The molecule has 6 aromatic carbocycles. The number of nitrogens with zero attached hydrogens (tertiary/aromatic N) is 2. The van der Waals surface area contributed by atoms with Gasteiger partial charge in [0.2, 0.25) is 0 Å². The maximum atomic E-state index is 13.3. The molecule has 0 unspecified atom stereocenters. The standard InChI is InChI=1S/2C29H34N2O5.ClH/c2*1-29(2,3)20-9-11-26(34-4)24(19-20)30-28(33)27(32)23-10-12-25(22-8-6-5-7-21(22)23)36-18-15-31-13-16-35-17-14-31;/h2*5-12,19H,13-18H2,1-4H3,(H,30,33);1H. The second-order valence-corrected chi connectivity index (χ2v) is 19.8. The average molecular weight is 1020 g/mol. The molecule has 15 heteroatoms. The molecule has 0 aromatic heterocycles. The van der Waals surface area contributed by atoms with E-state index in [1.807, 2.05) is 72.8 Å². The molecule has 0 spiro atoms. The van der Waals surface area contributed by atoms with E-state index in [1.165, 1.54) is 14.2 Å². The van der Waals surface area contributed by atoms with Crippen LogP contribution in [0.3, 0.4) is 0 Å². The third-order valence-electron chi connectivity index (χ3n) is 12.8. The van der Waals surface area contributed by atoms with Crippen molar-refractivity contribution in [3.8, 4) is 23.0 Å². The number of ether oxygens (including phenoxy) is 6. The molecule has 6 aromatic rings. The van der Waals surface area contributed by atoms with Gasteiger partial charge in [0, 0.05) is 61.2 Å². The first-order valence-electron chi connectivity index (χ1n) is 24.5. The lowest BCUT2D eigenvalue weighted by molar-refractivity contribution is -0.113. The van der Waals surface area contributed by atoms with E-state index in [1.54, 1.807) is 36.4 Å². The number of Topliss-reactive ketones (excluding diaryl/α,β-unsaturated/α-hetero) is 2. The van der Waals surface area contributed by atoms with E-state index >= 15 is 0 Å². The first kappa shape index (κ1) is 55.8. The molecule has 0 saturated carbocycles. The van der Waals surface area contributed by atoms with Crippen LogP contribution >= 0.6 is 12.4 Å². The summed E-state index contributed by atoms with van der Waals surface area (Å²) < 4.78 is 33.8. The van der Waals surface area contributed by atoms with E-state index in [0.29, 0.717) is 69.5 Å². The topological polar surface area (TPSA) is 154 Å². The van der Waals surface area contributed by atoms with Crippen LogP contribution in [-0.2, 0) is 29.9 Å². The van der Waals surface area contributed by atoms with Crippen LogP contribution in [0.2, 0.25) is 0 Å². The Kier molecular flexibility index (Phi) is 19.4. The maximum Gasteiger partial charge on any atom is 0.296 e. The summed E-state index contributed by atoms with van der Waals surface area (Å²) in [6, 6.07) is 33.1. The summed E-state index contributed by atoms with van der Waals surface area (Å²) in [4.78, 5) is 57.2. The third-order valence-corrected chi connectivity index (χ3v) is 12.8. The molecule has 2 aliphatic rings. The molecule has 0 aliphatic carbocycles. The minimum absolute atomic E-state index is 0. The fourth-order valence-electron chi connectivity index (χ4n) is 8.56.